The summed E-state index contributed by atoms with van der Waals surface area (Å²) in [6.45, 7) is 2.78. The molecule has 1 aromatic heterocycles. The summed E-state index contributed by atoms with van der Waals surface area (Å²) in [5.41, 5.74) is 0.704. The van der Waals surface area contributed by atoms with Gasteiger partial charge < -0.3 is 10.6 Å². The van der Waals surface area contributed by atoms with Crippen molar-refractivity contribution in [1.82, 2.24) is 15.0 Å². The number of halogens is 3. The predicted molar refractivity (Wildman–Crippen MR) is 86.0 cm³/mol. The van der Waals surface area contributed by atoms with E-state index < -0.39 is 0 Å². The van der Waals surface area contributed by atoms with Crippen LogP contribution >= 0.6 is 34.2 Å². The number of nitrogens with one attached hydrogen (secondary N) is 2. The Bertz CT molecular complexity index is 610. The Hall–Kier alpha value is -1.22. The van der Waals surface area contributed by atoms with E-state index in [1.165, 1.54) is 12.1 Å². The smallest absolute Gasteiger partial charge is 0.233 e. The van der Waals surface area contributed by atoms with Gasteiger partial charge in [-0.25, -0.2) is 4.39 Å². The number of aromatic nitrogens is 3. The second-order valence-electron chi connectivity index (χ2n) is 3.93. The highest BCUT2D eigenvalue weighted by atomic mass is 127. The maximum atomic E-state index is 13.0. The van der Waals surface area contributed by atoms with Crippen LogP contribution in [-0.2, 0) is 0 Å². The molecule has 0 aliphatic carbocycles. The van der Waals surface area contributed by atoms with Gasteiger partial charge in [-0.15, -0.1) is 0 Å². The summed E-state index contributed by atoms with van der Waals surface area (Å²) >= 11 is 7.89. The van der Waals surface area contributed by atoms with Gasteiger partial charge in [-0.2, -0.15) is 15.0 Å². The zero-order valence-corrected chi connectivity index (χ0v) is 13.5. The van der Waals surface area contributed by atoms with Crippen LogP contribution in [0.15, 0.2) is 18.2 Å². The molecular weight excluding hydrogens is 396 g/mol. The summed E-state index contributed by atoms with van der Waals surface area (Å²) in [6, 6.07) is 4.40. The molecule has 0 unspecified atom stereocenters. The fourth-order valence-corrected chi connectivity index (χ4v) is 2.21. The lowest BCUT2D eigenvalue weighted by Crippen LogP contribution is -2.08. The Balaban J connectivity index is 2.21. The molecule has 2 rings (SSSR count). The monoisotopic (exact) mass is 407 g/mol. The van der Waals surface area contributed by atoms with Crippen LogP contribution in [0.25, 0.3) is 0 Å². The summed E-state index contributed by atoms with van der Waals surface area (Å²) in [5, 5.41) is 6.13. The first-order valence-electron chi connectivity index (χ1n) is 5.96. The summed E-state index contributed by atoms with van der Waals surface area (Å²) in [7, 11) is 0. The van der Waals surface area contributed by atoms with Crippen molar-refractivity contribution in [2.75, 3.05) is 17.2 Å². The van der Waals surface area contributed by atoms with Crippen LogP contribution in [0, 0.1) is 9.39 Å². The lowest BCUT2D eigenvalue weighted by atomic mass is 10.3. The van der Waals surface area contributed by atoms with E-state index in [0.29, 0.717) is 17.6 Å². The van der Waals surface area contributed by atoms with E-state index in [2.05, 4.69) is 25.6 Å². The minimum atomic E-state index is -0.293. The Labute approximate surface area is 134 Å². The van der Waals surface area contributed by atoms with Crippen molar-refractivity contribution in [3.05, 3.63) is 32.9 Å². The summed E-state index contributed by atoms with van der Waals surface area (Å²) in [5.74, 6) is 0.429. The number of benzene rings is 1. The van der Waals surface area contributed by atoms with E-state index in [9.17, 15) is 4.39 Å². The number of nitrogens with zero attached hydrogens (tertiary/aromatic N) is 3. The number of hydrogen-bond donors (Lipinski definition) is 2. The second-order valence-corrected chi connectivity index (χ2v) is 5.43. The topological polar surface area (TPSA) is 62.7 Å². The van der Waals surface area contributed by atoms with Gasteiger partial charge in [-0.1, -0.05) is 6.92 Å². The lowest BCUT2D eigenvalue weighted by Gasteiger charge is -2.09. The number of rotatable bonds is 5. The van der Waals surface area contributed by atoms with Crippen LogP contribution in [0.5, 0.6) is 0 Å². The molecule has 1 aromatic carbocycles. The molecule has 0 spiro atoms. The fraction of sp³-hybridized carbons (Fsp3) is 0.250. The van der Waals surface area contributed by atoms with Crippen molar-refractivity contribution in [2.45, 2.75) is 13.3 Å². The molecule has 0 fully saturated rings. The van der Waals surface area contributed by atoms with Crippen molar-refractivity contribution >= 4 is 51.8 Å². The van der Waals surface area contributed by atoms with E-state index >= 15 is 0 Å². The van der Waals surface area contributed by atoms with Crippen LogP contribution in [0.1, 0.15) is 13.3 Å². The third-order valence-corrected chi connectivity index (χ3v) is 3.38. The van der Waals surface area contributed by atoms with Gasteiger partial charge in [0.2, 0.25) is 17.2 Å². The predicted octanol–water partition coefficient (Wildman–Crippen LogP) is 3.83. The first-order chi connectivity index (χ1) is 9.58. The van der Waals surface area contributed by atoms with Crippen molar-refractivity contribution < 1.29 is 4.39 Å². The van der Waals surface area contributed by atoms with Crippen molar-refractivity contribution in [1.29, 1.82) is 0 Å². The molecule has 0 bridgehead atoms. The third kappa shape index (κ3) is 4.14. The van der Waals surface area contributed by atoms with E-state index in [1.807, 2.05) is 29.5 Å². The maximum absolute atomic E-state index is 13.0. The average molecular weight is 408 g/mol. The van der Waals surface area contributed by atoms with Crippen molar-refractivity contribution in [3.63, 3.8) is 0 Å². The Morgan fingerprint density at radius 1 is 1.25 bits per heavy atom. The molecule has 20 heavy (non-hydrogen) atoms. The normalized spacial score (nSPS) is 10.4. The first kappa shape index (κ1) is 15.2. The van der Waals surface area contributed by atoms with Crippen LogP contribution in [0.2, 0.25) is 5.28 Å². The van der Waals surface area contributed by atoms with E-state index in [1.54, 1.807) is 6.07 Å². The zero-order valence-electron chi connectivity index (χ0n) is 10.6. The van der Waals surface area contributed by atoms with Gasteiger partial charge in [0, 0.05) is 10.1 Å². The van der Waals surface area contributed by atoms with Crippen LogP contribution in [0.3, 0.4) is 0 Å². The largest absolute Gasteiger partial charge is 0.354 e. The van der Waals surface area contributed by atoms with Gasteiger partial charge in [0.25, 0.3) is 0 Å². The summed E-state index contributed by atoms with van der Waals surface area (Å²) in [6.07, 6.45) is 0.946. The molecule has 0 saturated heterocycles. The van der Waals surface area contributed by atoms with E-state index in [0.717, 1.165) is 16.5 Å². The van der Waals surface area contributed by atoms with Gasteiger partial charge in [0.15, 0.2) is 0 Å². The molecule has 0 atom stereocenters. The molecule has 1 heterocycles. The third-order valence-electron chi connectivity index (χ3n) is 2.32. The van der Waals surface area contributed by atoms with Crippen molar-refractivity contribution in [2.24, 2.45) is 0 Å². The lowest BCUT2D eigenvalue weighted by molar-refractivity contribution is 0.627. The standard InChI is InChI=1S/C12H12ClFIN5/c1-2-5-16-11-18-10(13)19-12(20-11)17-9-4-3-7(14)6-8(9)15/h3-4,6H,2,5H2,1H3,(H2,16,17,18,19,20). The first-order valence-corrected chi connectivity index (χ1v) is 7.41. The van der Waals surface area contributed by atoms with Crippen molar-refractivity contribution in [3.8, 4) is 0 Å². The molecule has 0 amide bonds. The highest BCUT2D eigenvalue weighted by Crippen LogP contribution is 2.22. The summed E-state index contributed by atoms with van der Waals surface area (Å²) in [4.78, 5) is 12.2. The molecule has 0 aliphatic heterocycles. The Morgan fingerprint density at radius 2 is 2.00 bits per heavy atom. The second kappa shape index (κ2) is 6.98. The average Bonchev–Trinajstić information content (AvgIpc) is 2.39. The fourth-order valence-electron chi connectivity index (χ4n) is 1.43. The quantitative estimate of drug-likeness (QED) is 0.738. The molecule has 0 aliphatic rings. The van der Waals surface area contributed by atoms with Gasteiger partial charge in [-0.3, -0.25) is 0 Å². The van der Waals surface area contributed by atoms with Gasteiger partial charge in [0.1, 0.15) is 5.82 Å². The molecule has 0 radical (unpaired) electrons. The highest BCUT2D eigenvalue weighted by molar-refractivity contribution is 14.1. The SMILES string of the molecule is CCCNc1nc(Cl)nc(Nc2ccc(F)cc2I)n1. The van der Waals surface area contributed by atoms with Crippen LogP contribution in [-0.4, -0.2) is 21.5 Å². The molecule has 0 saturated carbocycles. The molecule has 2 aromatic rings. The van der Waals surface area contributed by atoms with Crippen LogP contribution in [0.4, 0.5) is 22.0 Å². The molecular formula is C12H12ClFIN5. The molecule has 5 nitrogen and oxygen atoms in total. The molecule has 106 valence electrons. The van der Waals surface area contributed by atoms with Gasteiger partial charge >= 0.3 is 0 Å². The Morgan fingerprint density at radius 3 is 2.70 bits per heavy atom. The van der Waals surface area contributed by atoms with Crippen LogP contribution < -0.4 is 10.6 Å². The minimum Gasteiger partial charge on any atom is -0.354 e. The number of anilines is 3. The maximum Gasteiger partial charge on any atom is 0.233 e. The summed E-state index contributed by atoms with van der Waals surface area (Å²) < 4.78 is 13.8. The molecule has 8 heteroatoms. The van der Waals surface area contributed by atoms with E-state index in [4.69, 9.17) is 11.6 Å². The number of hydrogen-bond acceptors (Lipinski definition) is 5. The van der Waals surface area contributed by atoms with Gasteiger partial charge in [0.05, 0.1) is 5.69 Å². The Kier molecular flexibility index (Phi) is 5.30. The minimum absolute atomic E-state index is 0.0956. The zero-order chi connectivity index (χ0) is 14.5. The highest BCUT2D eigenvalue weighted by Gasteiger charge is 2.07. The van der Waals surface area contributed by atoms with Gasteiger partial charge in [-0.05, 0) is 58.8 Å². The molecule has 2 N–H and O–H groups in total. The van der Waals surface area contributed by atoms with E-state index in [-0.39, 0.29) is 11.1 Å².